The van der Waals surface area contributed by atoms with Crippen molar-refractivity contribution in [2.45, 2.75) is 12.6 Å². The van der Waals surface area contributed by atoms with E-state index >= 15 is 0 Å². The van der Waals surface area contributed by atoms with Gasteiger partial charge in [0.1, 0.15) is 0 Å². The molecule has 0 radical (unpaired) electrons. The molecule has 1 amide bonds. The lowest BCUT2D eigenvalue weighted by atomic mass is 10.2. The Hall–Kier alpha value is -1.46. The number of amides is 1. The highest BCUT2D eigenvalue weighted by molar-refractivity contribution is 5.80. The molecular formula is C11H14N2O3. The molecule has 16 heavy (non-hydrogen) atoms. The Labute approximate surface area is 93.8 Å². The zero-order chi connectivity index (χ0) is 11.2. The summed E-state index contributed by atoms with van der Waals surface area (Å²) >= 11 is 0. The Morgan fingerprint density at radius 2 is 2.50 bits per heavy atom. The van der Waals surface area contributed by atoms with Crippen molar-refractivity contribution >= 4 is 5.91 Å². The Morgan fingerprint density at radius 1 is 1.56 bits per heavy atom. The van der Waals surface area contributed by atoms with E-state index in [0.717, 1.165) is 5.56 Å². The molecule has 0 saturated carbocycles. The lowest BCUT2D eigenvalue weighted by Crippen LogP contribution is -2.42. The quantitative estimate of drug-likeness (QED) is 0.788. The highest BCUT2D eigenvalue weighted by Crippen LogP contribution is 2.01. The molecule has 1 atom stereocenters. The normalized spacial score (nSPS) is 20.4. The van der Waals surface area contributed by atoms with Gasteiger partial charge in [0.2, 0.25) is 0 Å². The van der Waals surface area contributed by atoms with Crippen molar-refractivity contribution in [3.8, 4) is 0 Å². The first-order valence-corrected chi connectivity index (χ1v) is 5.22. The molecule has 5 nitrogen and oxygen atoms in total. The van der Waals surface area contributed by atoms with Crippen molar-refractivity contribution < 1.29 is 14.3 Å². The summed E-state index contributed by atoms with van der Waals surface area (Å²) in [6.07, 6.45) is 2.94. The summed E-state index contributed by atoms with van der Waals surface area (Å²) in [4.78, 5) is 15.6. The minimum Gasteiger partial charge on any atom is -0.376 e. The molecule has 0 aromatic carbocycles. The van der Waals surface area contributed by atoms with Gasteiger partial charge >= 0.3 is 0 Å². The predicted molar refractivity (Wildman–Crippen MR) is 56.6 cm³/mol. The van der Waals surface area contributed by atoms with Gasteiger partial charge in [0, 0.05) is 18.9 Å². The maximum absolute atomic E-state index is 11.6. The molecule has 1 unspecified atom stereocenters. The molecule has 0 spiro atoms. The van der Waals surface area contributed by atoms with Crippen LogP contribution in [0.1, 0.15) is 5.56 Å². The SMILES string of the molecule is O=C(NCc1cccnc1)C1COCCO1. The third-order valence-electron chi connectivity index (χ3n) is 2.30. The molecule has 86 valence electrons. The first-order chi connectivity index (χ1) is 7.86. The van der Waals surface area contributed by atoms with E-state index in [0.29, 0.717) is 26.4 Å². The summed E-state index contributed by atoms with van der Waals surface area (Å²) in [5.74, 6) is -0.136. The lowest BCUT2D eigenvalue weighted by Gasteiger charge is -2.21. The third-order valence-corrected chi connectivity index (χ3v) is 2.30. The summed E-state index contributed by atoms with van der Waals surface area (Å²) in [5, 5.41) is 2.78. The van der Waals surface area contributed by atoms with Gasteiger partial charge in [0.25, 0.3) is 5.91 Å². The molecule has 1 aromatic rings. The molecular weight excluding hydrogens is 208 g/mol. The fourth-order valence-electron chi connectivity index (χ4n) is 1.44. The monoisotopic (exact) mass is 222 g/mol. The third kappa shape index (κ3) is 3.01. The smallest absolute Gasteiger partial charge is 0.251 e. The fourth-order valence-corrected chi connectivity index (χ4v) is 1.44. The standard InChI is InChI=1S/C11H14N2O3/c14-11(10-8-15-4-5-16-10)13-7-9-2-1-3-12-6-9/h1-3,6,10H,4-5,7-8H2,(H,13,14). The van der Waals surface area contributed by atoms with E-state index in [1.807, 2.05) is 12.1 Å². The molecule has 1 fully saturated rings. The summed E-state index contributed by atoms with van der Waals surface area (Å²) in [6.45, 7) is 1.84. The van der Waals surface area contributed by atoms with Gasteiger partial charge in [0.05, 0.1) is 19.8 Å². The molecule has 5 heteroatoms. The van der Waals surface area contributed by atoms with Gasteiger partial charge in [-0.3, -0.25) is 9.78 Å². The van der Waals surface area contributed by atoms with Crippen LogP contribution >= 0.6 is 0 Å². The number of hydrogen-bond acceptors (Lipinski definition) is 4. The number of nitrogens with zero attached hydrogens (tertiary/aromatic N) is 1. The van der Waals surface area contributed by atoms with Crippen LogP contribution < -0.4 is 5.32 Å². The average molecular weight is 222 g/mol. The largest absolute Gasteiger partial charge is 0.376 e. The van der Waals surface area contributed by atoms with Gasteiger partial charge in [-0.15, -0.1) is 0 Å². The van der Waals surface area contributed by atoms with E-state index in [4.69, 9.17) is 9.47 Å². The number of hydrogen-bond donors (Lipinski definition) is 1. The van der Waals surface area contributed by atoms with Crippen molar-refractivity contribution in [1.29, 1.82) is 0 Å². The van der Waals surface area contributed by atoms with E-state index in [1.54, 1.807) is 12.4 Å². The minimum absolute atomic E-state index is 0.136. The van der Waals surface area contributed by atoms with Crippen LogP contribution in [-0.4, -0.2) is 36.8 Å². The Balaban J connectivity index is 1.79. The summed E-state index contributed by atoms with van der Waals surface area (Å²) in [6, 6.07) is 3.74. The van der Waals surface area contributed by atoms with E-state index in [2.05, 4.69) is 10.3 Å². The first-order valence-electron chi connectivity index (χ1n) is 5.22. The molecule has 1 aliphatic rings. The molecule has 1 N–H and O–H groups in total. The number of ether oxygens (including phenoxy) is 2. The lowest BCUT2D eigenvalue weighted by molar-refractivity contribution is -0.147. The van der Waals surface area contributed by atoms with Crippen LogP contribution in [0.2, 0.25) is 0 Å². The molecule has 1 aliphatic heterocycles. The highest BCUT2D eigenvalue weighted by Gasteiger charge is 2.21. The summed E-state index contributed by atoms with van der Waals surface area (Å²) in [7, 11) is 0. The van der Waals surface area contributed by atoms with Crippen molar-refractivity contribution in [2.75, 3.05) is 19.8 Å². The second-order valence-electron chi connectivity index (χ2n) is 3.51. The predicted octanol–water partition coefficient (Wildman–Crippen LogP) is 0.113. The zero-order valence-electron chi connectivity index (χ0n) is 8.89. The number of carbonyl (C=O) groups excluding carboxylic acids is 1. The number of nitrogens with one attached hydrogen (secondary N) is 1. The number of rotatable bonds is 3. The highest BCUT2D eigenvalue weighted by atomic mass is 16.6. The molecule has 2 heterocycles. The van der Waals surface area contributed by atoms with Crippen LogP contribution in [0.5, 0.6) is 0 Å². The average Bonchev–Trinajstić information content (AvgIpc) is 2.38. The van der Waals surface area contributed by atoms with Crippen LogP contribution in [0.4, 0.5) is 0 Å². The fraction of sp³-hybridized carbons (Fsp3) is 0.455. The van der Waals surface area contributed by atoms with Crippen molar-refractivity contribution in [3.05, 3.63) is 30.1 Å². The van der Waals surface area contributed by atoms with E-state index in [-0.39, 0.29) is 5.91 Å². The van der Waals surface area contributed by atoms with Gasteiger partial charge in [-0.1, -0.05) is 6.07 Å². The van der Waals surface area contributed by atoms with Gasteiger partial charge in [-0.2, -0.15) is 0 Å². The Kier molecular flexibility index (Phi) is 3.85. The summed E-state index contributed by atoms with van der Waals surface area (Å²) < 4.78 is 10.4. The number of pyridine rings is 1. The van der Waals surface area contributed by atoms with Gasteiger partial charge in [-0.05, 0) is 11.6 Å². The van der Waals surface area contributed by atoms with Gasteiger partial charge in [0.15, 0.2) is 6.10 Å². The van der Waals surface area contributed by atoms with E-state index in [9.17, 15) is 4.79 Å². The van der Waals surface area contributed by atoms with Crippen LogP contribution in [-0.2, 0) is 20.8 Å². The summed E-state index contributed by atoms with van der Waals surface area (Å²) in [5.41, 5.74) is 0.965. The van der Waals surface area contributed by atoms with Crippen LogP contribution in [0, 0.1) is 0 Å². The molecule has 2 rings (SSSR count). The van der Waals surface area contributed by atoms with Gasteiger partial charge < -0.3 is 14.8 Å². The van der Waals surface area contributed by atoms with E-state index < -0.39 is 6.10 Å². The molecule has 1 aromatic heterocycles. The second kappa shape index (κ2) is 5.58. The van der Waals surface area contributed by atoms with Crippen molar-refractivity contribution in [1.82, 2.24) is 10.3 Å². The number of aromatic nitrogens is 1. The van der Waals surface area contributed by atoms with Crippen molar-refractivity contribution in [3.63, 3.8) is 0 Å². The minimum atomic E-state index is -0.481. The Bertz CT molecular complexity index is 336. The maximum atomic E-state index is 11.6. The molecule has 1 saturated heterocycles. The van der Waals surface area contributed by atoms with Crippen LogP contribution in [0.3, 0.4) is 0 Å². The van der Waals surface area contributed by atoms with Crippen molar-refractivity contribution in [2.24, 2.45) is 0 Å². The maximum Gasteiger partial charge on any atom is 0.251 e. The topological polar surface area (TPSA) is 60.5 Å². The zero-order valence-corrected chi connectivity index (χ0v) is 8.89. The molecule has 0 aliphatic carbocycles. The van der Waals surface area contributed by atoms with Crippen LogP contribution in [0.15, 0.2) is 24.5 Å². The molecule has 0 bridgehead atoms. The van der Waals surface area contributed by atoms with E-state index in [1.165, 1.54) is 0 Å². The van der Waals surface area contributed by atoms with Gasteiger partial charge in [-0.25, -0.2) is 0 Å². The van der Waals surface area contributed by atoms with Crippen LogP contribution in [0.25, 0.3) is 0 Å². The number of carbonyl (C=O) groups is 1. The Morgan fingerprint density at radius 3 is 3.19 bits per heavy atom. The first kappa shape index (κ1) is 11.0. The second-order valence-corrected chi connectivity index (χ2v) is 3.51.